The van der Waals surface area contributed by atoms with E-state index < -0.39 is 0 Å². The maximum Gasteiger partial charge on any atom is 0.273 e. The third-order valence-corrected chi connectivity index (χ3v) is 4.68. The van der Waals surface area contributed by atoms with Gasteiger partial charge in [0.05, 0.1) is 10.8 Å². The van der Waals surface area contributed by atoms with Crippen LogP contribution in [0.3, 0.4) is 0 Å². The normalized spacial score (nSPS) is 14.1. The summed E-state index contributed by atoms with van der Waals surface area (Å²) >= 11 is 7.56. The van der Waals surface area contributed by atoms with E-state index in [1.807, 2.05) is 12.1 Å². The maximum atomic E-state index is 11.0. The summed E-state index contributed by atoms with van der Waals surface area (Å²) in [5.41, 5.74) is 2.97. The Morgan fingerprint density at radius 2 is 2.19 bits per heavy atom. The molecule has 1 aliphatic rings. The number of anilines is 1. The largest absolute Gasteiger partial charge is 0.364 e. The Morgan fingerprint density at radius 1 is 1.38 bits per heavy atom. The second-order valence-electron chi connectivity index (χ2n) is 5.19. The van der Waals surface area contributed by atoms with Gasteiger partial charge >= 0.3 is 0 Å². The van der Waals surface area contributed by atoms with Crippen LogP contribution in [0.1, 0.15) is 24.0 Å². The van der Waals surface area contributed by atoms with Gasteiger partial charge in [-0.2, -0.15) is 11.3 Å². The van der Waals surface area contributed by atoms with Crippen molar-refractivity contribution in [2.75, 3.05) is 4.90 Å². The number of alkyl halides is 1. The number of hydrogen-bond donors (Lipinski definition) is 0. The van der Waals surface area contributed by atoms with Gasteiger partial charge in [0, 0.05) is 29.9 Å². The van der Waals surface area contributed by atoms with Crippen molar-refractivity contribution in [2.24, 2.45) is 0 Å². The number of nitro groups is 1. The Bertz CT molecular complexity index is 641. The van der Waals surface area contributed by atoms with Crippen molar-refractivity contribution >= 4 is 34.3 Å². The molecule has 6 heteroatoms. The zero-order chi connectivity index (χ0) is 14.8. The standard InChI is InChI=1S/C15H15ClN2O2S/c16-8-12-7-14(3-4-15(12)18(19)20)17(13-1-2-13)9-11-5-6-21-10-11/h3-7,10,13H,1-2,8-9H2. The molecular formula is C15H15ClN2O2S. The zero-order valence-electron chi connectivity index (χ0n) is 11.4. The lowest BCUT2D eigenvalue weighted by Gasteiger charge is -2.24. The monoisotopic (exact) mass is 322 g/mol. The number of halogens is 1. The van der Waals surface area contributed by atoms with Crippen molar-refractivity contribution in [1.29, 1.82) is 0 Å². The molecule has 110 valence electrons. The van der Waals surface area contributed by atoms with E-state index in [-0.39, 0.29) is 16.5 Å². The highest BCUT2D eigenvalue weighted by molar-refractivity contribution is 7.07. The lowest BCUT2D eigenvalue weighted by Crippen LogP contribution is -2.24. The molecule has 0 bridgehead atoms. The fourth-order valence-electron chi connectivity index (χ4n) is 2.43. The molecule has 1 aromatic carbocycles. The highest BCUT2D eigenvalue weighted by Gasteiger charge is 2.30. The van der Waals surface area contributed by atoms with Crippen LogP contribution >= 0.6 is 22.9 Å². The highest BCUT2D eigenvalue weighted by atomic mass is 35.5. The molecule has 0 amide bonds. The van der Waals surface area contributed by atoms with Crippen LogP contribution in [-0.2, 0) is 12.4 Å². The summed E-state index contributed by atoms with van der Waals surface area (Å²) in [5, 5.41) is 15.2. The van der Waals surface area contributed by atoms with Gasteiger partial charge in [-0.25, -0.2) is 0 Å². The van der Waals surface area contributed by atoms with Gasteiger partial charge in [-0.15, -0.1) is 11.6 Å². The minimum atomic E-state index is -0.373. The molecule has 1 fully saturated rings. The number of nitro benzene ring substituents is 1. The number of nitrogens with zero attached hydrogens (tertiary/aromatic N) is 2. The van der Waals surface area contributed by atoms with Crippen molar-refractivity contribution in [3.8, 4) is 0 Å². The van der Waals surface area contributed by atoms with E-state index in [4.69, 9.17) is 11.6 Å². The number of rotatable bonds is 6. The van der Waals surface area contributed by atoms with Crippen LogP contribution in [0, 0.1) is 10.1 Å². The molecule has 0 unspecified atom stereocenters. The molecule has 0 radical (unpaired) electrons. The second-order valence-corrected chi connectivity index (χ2v) is 6.24. The Kier molecular flexibility index (Phi) is 4.12. The van der Waals surface area contributed by atoms with Crippen molar-refractivity contribution in [3.63, 3.8) is 0 Å². The molecule has 1 aliphatic carbocycles. The second kappa shape index (κ2) is 6.03. The Labute approximate surface area is 132 Å². The van der Waals surface area contributed by atoms with Crippen LogP contribution in [-0.4, -0.2) is 11.0 Å². The molecule has 0 aliphatic heterocycles. The Balaban J connectivity index is 1.90. The molecule has 4 nitrogen and oxygen atoms in total. The number of hydrogen-bond acceptors (Lipinski definition) is 4. The molecule has 1 heterocycles. The summed E-state index contributed by atoms with van der Waals surface area (Å²) in [7, 11) is 0. The average Bonchev–Trinajstić information content (AvgIpc) is 3.20. The van der Waals surface area contributed by atoms with Crippen molar-refractivity contribution < 1.29 is 4.92 Å². The van der Waals surface area contributed by atoms with E-state index in [0.717, 1.165) is 12.2 Å². The van der Waals surface area contributed by atoms with Crippen LogP contribution in [0.5, 0.6) is 0 Å². The van der Waals surface area contributed by atoms with Gasteiger partial charge in [0.15, 0.2) is 0 Å². The molecule has 0 saturated heterocycles. The first-order valence-corrected chi connectivity index (χ1v) is 8.28. The first-order chi connectivity index (χ1) is 10.2. The molecule has 1 aromatic heterocycles. The summed E-state index contributed by atoms with van der Waals surface area (Å²) in [5.74, 6) is 0.154. The molecular weight excluding hydrogens is 308 g/mol. The minimum Gasteiger partial charge on any atom is -0.364 e. The van der Waals surface area contributed by atoms with E-state index in [9.17, 15) is 10.1 Å². The van der Waals surface area contributed by atoms with E-state index >= 15 is 0 Å². The van der Waals surface area contributed by atoms with Crippen LogP contribution in [0.15, 0.2) is 35.0 Å². The first-order valence-electron chi connectivity index (χ1n) is 6.80. The van der Waals surface area contributed by atoms with Gasteiger partial charge < -0.3 is 4.90 Å². The van der Waals surface area contributed by atoms with E-state index in [1.165, 1.54) is 18.4 Å². The predicted molar refractivity (Wildman–Crippen MR) is 86.2 cm³/mol. The maximum absolute atomic E-state index is 11.0. The van der Waals surface area contributed by atoms with Gasteiger partial charge in [-0.05, 0) is 47.4 Å². The summed E-state index contributed by atoms with van der Waals surface area (Å²) in [6.45, 7) is 0.841. The fourth-order valence-corrected chi connectivity index (χ4v) is 3.31. The van der Waals surface area contributed by atoms with Gasteiger partial charge in [0.2, 0.25) is 0 Å². The number of thiophene rings is 1. The molecule has 1 saturated carbocycles. The lowest BCUT2D eigenvalue weighted by molar-refractivity contribution is -0.385. The Morgan fingerprint density at radius 3 is 2.76 bits per heavy atom. The summed E-state index contributed by atoms with van der Waals surface area (Å²) < 4.78 is 0. The number of benzene rings is 1. The lowest BCUT2D eigenvalue weighted by atomic mass is 10.1. The highest BCUT2D eigenvalue weighted by Crippen LogP contribution is 2.35. The van der Waals surface area contributed by atoms with Crippen molar-refractivity contribution in [2.45, 2.75) is 31.3 Å². The Hall–Kier alpha value is -1.59. The molecule has 0 spiro atoms. The molecule has 0 N–H and O–H groups in total. The quantitative estimate of drug-likeness (QED) is 0.445. The van der Waals surface area contributed by atoms with E-state index in [0.29, 0.717) is 11.6 Å². The molecule has 0 atom stereocenters. The summed E-state index contributed by atoms with van der Waals surface area (Å²) in [4.78, 5) is 12.9. The molecule has 3 rings (SSSR count). The average molecular weight is 323 g/mol. The van der Waals surface area contributed by atoms with Gasteiger partial charge in [0.25, 0.3) is 5.69 Å². The van der Waals surface area contributed by atoms with Crippen molar-refractivity contribution in [3.05, 3.63) is 56.3 Å². The van der Waals surface area contributed by atoms with Gasteiger partial charge in [-0.1, -0.05) is 0 Å². The fraction of sp³-hybridized carbons (Fsp3) is 0.333. The van der Waals surface area contributed by atoms with Crippen LogP contribution < -0.4 is 4.90 Å². The molecule has 2 aromatic rings. The summed E-state index contributed by atoms with van der Waals surface area (Å²) in [6.07, 6.45) is 2.36. The SMILES string of the molecule is O=[N+]([O-])c1ccc(N(Cc2ccsc2)C2CC2)cc1CCl. The third kappa shape index (κ3) is 3.19. The van der Waals surface area contributed by atoms with E-state index in [1.54, 1.807) is 17.4 Å². The first kappa shape index (κ1) is 14.4. The zero-order valence-corrected chi connectivity index (χ0v) is 12.9. The smallest absolute Gasteiger partial charge is 0.273 e. The summed E-state index contributed by atoms with van der Waals surface area (Å²) in [6, 6.07) is 7.91. The third-order valence-electron chi connectivity index (χ3n) is 3.66. The van der Waals surface area contributed by atoms with E-state index in [2.05, 4.69) is 21.7 Å². The van der Waals surface area contributed by atoms with Gasteiger partial charge in [0.1, 0.15) is 0 Å². The molecule has 21 heavy (non-hydrogen) atoms. The van der Waals surface area contributed by atoms with Crippen LogP contribution in [0.2, 0.25) is 0 Å². The topological polar surface area (TPSA) is 46.4 Å². The van der Waals surface area contributed by atoms with Gasteiger partial charge in [-0.3, -0.25) is 10.1 Å². The van der Waals surface area contributed by atoms with Crippen molar-refractivity contribution in [1.82, 2.24) is 0 Å². The van der Waals surface area contributed by atoms with Crippen LogP contribution in [0.4, 0.5) is 11.4 Å². The predicted octanol–water partition coefficient (Wildman–Crippen LogP) is 4.56. The van der Waals surface area contributed by atoms with Crippen LogP contribution in [0.25, 0.3) is 0 Å². The minimum absolute atomic E-state index is 0.0973.